The zero-order chi connectivity index (χ0) is 9.94. The minimum atomic E-state index is -0.00413. The molecule has 0 saturated carbocycles. The number of hydrogen-bond acceptors (Lipinski definition) is 2. The lowest BCUT2D eigenvalue weighted by Gasteiger charge is -2.04. The Morgan fingerprint density at radius 1 is 1.38 bits per heavy atom. The van der Waals surface area contributed by atoms with Crippen LogP contribution in [0.4, 0.5) is 0 Å². The van der Waals surface area contributed by atoms with Crippen LogP contribution in [0.2, 0.25) is 0 Å². The molecule has 0 spiro atoms. The van der Waals surface area contributed by atoms with Crippen molar-refractivity contribution in [3.63, 3.8) is 0 Å². The van der Waals surface area contributed by atoms with E-state index in [1.165, 1.54) is 25.7 Å². The van der Waals surface area contributed by atoms with Crippen LogP contribution in [0, 0.1) is 11.3 Å². The maximum Gasteiger partial charge on any atom is 0.0924 e. The predicted octanol–water partition coefficient (Wildman–Crippen LogP) is 2.62. The topological polar surface area (TPSA) is 35.8 Å². The zero-order valence-corrected chi connectivity index (χ0v) is 8.71. The Hall–Kier alpha value is -0.810. The number of nitriles is 1. The molecule has 1 unspecified atom stereocenters. The van der Waals surface area contributed by atoms with E-state index in [1.54, 1.807) is 0 Å². The minimum Gasteiger partial charge on any atom is -0.302 e. The fraction of sp³-hybridized carbons (Fsp3) is 0.727. The van der Waals surface area contributed by atoms with E-state index in [9.17, 15) is 0 Å². The summed E-state index contributed by atoms with van der Waals surface area (Å²) in [5.74, 6) is 0. The van der Waals surface area contributed by atoms with Gasteiger partial charge in [-0.2, -0.15) is 5.26 Å². The monoisotopic (exact) mass is 180 g/mol. The van der Waals surface area contributed by atoms with Crippen molar-refractivity contribution < 1.29 is 0 Å². The van der Waals surface area contributed by atoms with Crippen molar-refractivity contribution in [3.05, 3.63) is 12.2 Å². The van der Waals surface area contributed by atoms with Gasteiger partial charge in [0.05, 0.1) is 12.1 Å². The van der Waals surface area contributed by atoms with Crippen molar-refractivity contribution >= 4 is 0 Å². The highest BCUT2D eigenvalue weighted by molar-refractivity contribution is 4.84. The summed E-state index contributed by atoms with van der Waals surface area (Å²) >= 11 is 0. The molecule has 2 nitrogen and oxygen atoms in total. The summed E-state index contributed by atoms with van der Waals surface area (Å²) in [6, 6.07) is 2.15. The van der Waals surface area contributed by atoms with E-state index in [1.807, 2.05) is 6.92 Å². The minimum absolute atomic E-state index is 0.00413. The molecule has 0 rings (SSSR count). The van der Waals surface area contributed by atoms with Gasteiger partial charge in [0.1, 0.15) is 0 Å². The van der Waals surface area contributed by atoms with Gasteiger partial charge in [-0.05, 0) is 39.7 Å². The van der Waals surface area contributed by atoms with E-state index < -0.39 is 0 Å². The van der Waals surface area contributed by atoms with E-state index >= 15 is 0 Å². The summed E-state index contributed by atoms with van der Waals surface area (Å²) in [5.41, 5.74) is 0. The molecule has 0 aromatic carbocycles. The van der Waals surface area contributed by atoms with Gasteiger partial charge in [-0.1, -0.05) is 18.6 Å². The maximum atomic E-state index is 8.49. The van der Waals surface area contributed by atoms with Crippen molar-refractivity contribution in [3.8, 4) is 6.07 Å². The van der Waals surface area contributed by atoms with Crippen LogP contribution in [0.25, 0.3) is 0 Å². The third-order valence-corrected chi connectivity index (χ3v) is 1.93. The molecule has 0 fully saturated rings. The molecule has 74 valence electrons. The Bertz CT molecular complexity index is 167. The van der Waals surface area contributed by atoms with Gasteiger partial charge < -0.3 is 5.32 Å². The predicted molar refractivity (Wildman–Crippen MR) is 56.4 cm³/mol. The van der Waals surface area contributed by atoms with E-state index in [0.29, 0.717) is 0 Å². The van der Waals surface area contributed by atoms with Crippen molar-refractivity contribution in [1.29, 1.82) is 5.26 Å². The SMILES string of the molecule is C/C=C/CCCCCNC(C)C#N. The van der Waals surface area contributed by atoms with Crippen LogP contribution < -0.4 is 5.32 Å². The summed E-state index contributed by atoms with van der Waals surface area (Å²) in [7, 11) is 0. The average Bonchev–Trinajstić information content (AvgIpc) is 2.16. The maximum absolute atomic E-state index is 8.49. The molecule has 0 aliphatic heterocycles. The lowest BCUT2D eigenvalue weighted by atomic mass is 10.2. The van der Waals surface area contributed by atoms with Gasteiger partial charge in [0.25, 0.3) is 0 Å². The highest BCUT2D eigenvalue weighted by atomic mass is 14.9. The molecule has 0 amide bonds. The molecule has 0 saturated heterocycles. The van der Waals surface area contributed by atoms with E-state index in [0.717, 1.165) is 6.54 Å². The standard InChI is InChI=1S/C11H20N2/c1-3-4-5-6-7-8-9-13-11(2)10-12/h3-4,11,13H,5-9H2,1-2H3/b4-3+. The molecule has 0 aromatic rings. The quantitative estimate of drug-likeness (QED) is 0.483. The first-order valence-corrected chi connectivity index (χ1v) is 5.05. The van der Waals surface area contributed by atoms with E-state index in [4.69, 9.17) is 5.26 Å². The number of allylic oxidation sites excluding steroid dienone is 2. The van der Waals surface area contributed by atoms with Crippen LogP contribution in [0.1, 0.15) is 39.5 Å². The molecule has 0 aliphatic rings. The van der Waals surface area contributed by atoms with E-state index in [2.05, 4.69) is 30.5 Å². The second kappa shape index (κ2) is 9.28. The van der Waals surface area contributed by atoms with Crippen LogP contribution in [-0.2, 0) is 0 Å². The van der Waals surface area contributed by atoms with Gasteiger partial charge in [-0.15, -0.1) is 0 Å². The first kappa shape index (κ1) is 12.2. The fourth-order valence-electron chi connectivity index (χ4n) is 1.09. The molecule has 2 heteroatoms. The second-order valence-electron chi connectivity index (χ2n) is 3.22. The van der Waals surface area contributed by atoms with Gasteiger partial charge in [0.15, 0.2) is 0 Å². The number of nitrogens with one attached hydrogen (secondary N) is 1. The highest BCUT2D eigenvalue weighted by Crippen LogP contribution is 1.99. The Kier molecular flexibility index (Phi) is 8.70. The van der Waals surface area contributed by atoms with Gasteiger partial charge in [-0.3, -0.25) is 0 Å². The van der Waals surface area contributed by atoms with Crippen molar-refractivity contribution in [2.45, 2.75) is 45.6 Å². The highest BCUT2D eigenvalue weighted by Gasteiger charge is 1.95. The molecule has 1 atom stereocenters. The number of nitrogens with zero attached hydrogens (tertiary/aromatic N) is 1. The molecule has 1 N–H and O–H groups in total. The lowest BCUT2D eigenvalue weighted by Crippen LogP contribution is -2.25. The van der Waals surface area contributed by atoms with Crippen molar-refractivity contribution in [2.24, 2.45) is 0 Å². The Balaban J connectivity index is 3.05. The van der Waals surface area contributed by atoms with Gasteiger partial charge >= 0.3 is 0 Å². The average molecular weight is 180 g/mol. The molecule has 13 heavy (non-hydrogen) atoms. The molecule has 0 aliphatic carbocycles. The Morgan fingerprint density at radius 3 is 2.77 bits per heavy atom. The molecule has 0 heterocycles. The molecule has 0 aromatic heterocycles. The largest absolute Gasteiger partial charge is 0.302 e. The molecule has 0 radical (unpaired) electrons. The van der Waals surface area contributed by atoms with Gasteiger partial charge in [0.2, 0.25) is 0 Å². The summed E-state index contributed by atoms with van der Waals surface area (Å²) < 4.78 is 0. The summed E-state index contributed by atoms with van der Waals surface area (Å²) in [6.45, 7) is 4.90. The number of rotatable bonds is 7. The normalized spacial score (nSPS) is 13.0. The Morgan fingerprint density at radius 2 is 2.15 bits per heavy atom. The van der Waals surface area contributed by atoms with Crippen LogP contribution in [0.3, 0.4) is 0 Å². The summed E-state index contributed by atoms with van der Waals surface area (Å²) in [4.78, 5) is 0. The zero-order valence-electron chi connectivity index (χ0n) is 8.71. The molecular weight excluding hydrogens is 160 g/mol. The molecule has 0 bridgehead atoms. The second-order valence-corrected chi connectivity index (χ2v) is 3.22. The smallest absolute Gasteiger partial charge is 0.0924 e. The molecular formula is C11H20N2. The van der Waals surface area contributed by atoms with Gasteiger partial charge in [-0.25, -0.2) is 0 Å². The van der Waals surface area contributed by atoms with Crippen LogP contribution in [0.15, 0.2) is 12.2 Å². The summed E-state index contributed by atoms with van der Waals surface area (Å²) in [6.07, 6.45) is 9.15. The first-order chi connectivity index (χ1) is 6.31. The third kappa shape index (κ3) is 9.10. The Labute approximate surface area is 81.6 Å². The third-order valence-electron chi connectivity index (χ3n) is 1.93. The lowest BCUT2D eigenvalue weighted by molar-refractivity contribution is 0.582. The fourth-order valence-corrected chi connectivity index (χ4v) is 1.09. The van der Waals surface area contributed by atoms with Crippen LogP contribution in [0.5, 0.6) is 0 Å². The van der Waals surface area contributed by atoms with Crippen molar-refractivity contribution in [2.75, 3.05) is 6.54 Å². The van der Waals surface area contributed by atoms with Crippen molar-refractivity contribution in [1.82, 2.24) is 5.32 Å². The number of hydrogen-bond donors (Lipinski definition) is 1. The first-order valence-electron chi connectivity index (χ1n) is 5.05. The number of unbranched alkanes of at least 4 members (excludes halogenated alkanes) is 3. The van der Waals surface area contributed by atoms with Crippen LogP contribution in [-0.4, -0.2) is 12.6 Å². The van der Waals surface area contributed by atoms with Crippen LogP contribution >= 0.6 is 0 Å². The van der Waals surface area contributed by atoms with Gasteiger partial charge in [0, 0.05) is 0 Å². The van der Waals surface area contributed by atoms with E-state index in [-0.39, 0.29) is 6.04 Å². The summed E-state index contributed by atoms with van der Waals surface area (Å²) in [5, 5.41) is 11.6.